The van der Waals surface area contributed by atoms with Crippen molar-refractivity contribution in [2.75, 3.05) is 6.61 Å². The van der Waals surface area contributed by atoms with Crippen molar-refractivity contribution in [1.82, 2.24) is 0 Å². The van der Waals surface area contributed by atoms with Crippen molar-refractivity contribution < 1.29 is 19.0 Å². The summed E-state index contributed by atoms with van der Waals surface area (Å²) < 4.78 is 15.8. The van der Waals surface area contributed by atoms with E-state index in [0.29, 0.717) is 6.61 Å². The minimum Gasteiger partial charge on any atom is -0.427 e. The van der Waals surface area contributed by atoms with Crippen LogP contribution in [-0.4, -0.2) is 31.1 Å². The highest BCUT2D eigenvalue weighted by Gasteiger charge is 2.46. The van der Waals surface area contributed by atoms with E-state index in [2.05, 4.69) is 13.8 Å². The second-order valence-corrected chi connectivity index (χ2v) is 4.87. The van der Waals surface area contributed by atoms with E-state index in [1.165, 1.54) is 0 Å². The monoisotopic (exact) mass is 200 g/mol. The fraction of sp³-hybridized carbons (Fsp3) is 0.900. The molecule has 0 saturated carbocycles. The van der Waals surface area contributed by atoms with Gasteiger partial charge in [-0.25, -0.2) is 4.79 Å². The molecule has 3 unspecified atom stereocenters. The Balaban J connectivity index is 2.16. The van der Waals surface area contributed by atoms with Crippen LogP contribution in [0, 0.1) is 5.41 Å². The summed E-state index contributed by atoms with van der Waals surface area (Å²) in [5.41, 5.74) is 0.0433. The lowest BCUT2D eigenvalue weighted by Crippen LogP contribution is -2.33. The van der Waals surface area contributed by atoms with E-state index in [1.54, 1.807) is 0 Å². The minimum absolute atomic E-state index is 0.0433. The molecule has 0 aromatic carbocycles. The van der Waals surface area contributed by atoms with E-state index in [1.807, 2.05) is 6.92 Å². The molecule has 4 nitrogen and oxygen atoms in total. The first-order valence-electron chi connectivity index (χ1n) is 4.97. The zero-order chi connectivity index (χ0) is 10.3. The van der Waals surface area contributed by atoms with Crippen LogP contribution in [0.5, 0.6) is 0 Å². The third-order valence-corrected chi connectivity index (χ3v) is 2.80. The maximum Gasteiger partial charge on any atom is 0.509 e. The summed E-state index contributed by atoms with van der Waals surface area (Å²) in [7, 11) is 0. The number of carbonyl (C=O) groups is 1. The highest BCUT2D eigenvalue weighted by atomic mass is 16.8. The van der Waals surface area contributed by atoms with Gasteiger partial charge in [0.05, 0.1) is 12.7 Å². The van der Waals surface area contributed by atoms with Gasteiger partial charge in [-0.1, -0.05) is 13.8 Å². The third-order valence-electron chi connectivity index (χ3n) is 2.80. The van der Waals surface area contributed by atoms with Crippen molar-refractivity contribution in [3.8, 4) is 0 Å². The molecule has 2 fully saturated rings. The van der Waals surface area contributed by atoms with Gasteiger partial charge in [0, 0.05) is 0 Å². The van der Waals surface area contributed by atoms with Crippen molar-refractivity contribution in [2.24, 2.45) is 5.41 Å². The Hall–Kier alpha value is -0.770. The number of hydrogen-bond acceptors (Lipinski definition) is 4. The fourth-order valence-electron chi connectivity index (χ4n) is 2.02. The van der Waals surface area contributed by atoms with Crippen molar-refractivity contribution in [3.63, 3.8) is 0 Å². The van der Waals surface area contributed by atoms with Crippen molar-refractivity contribution in [3.05, 3.63) is 0 Å². The van der Waals surface area contributed by atoms with Gasteiger partial charge >= 0.3 is 6.16 Å². The largest absolute Gasteiger partial charge is 0.509 e. The zero-order valence-corrected chi connectivity index (χ0v) is 8.78. The van der Waals surface area contributed by atoms with Crippen LogP contribution >= 0.6 is 0 Å². The summed E-state index contributed by atoms with van der Waals surface area (Å²) >= 11 is 0. The molecule has 2 saturated heterocycles. The summed E-state index contributed by atoms with van der Waals surface area (Å²) in [5, 5.41) is 0. The summed E-state index contributed by atoms with van der Waals surface area (Å²) in [6.45, 7) is 6.81. The summed E-state index contributed by atoms with van der Waals surface area (Å²) in [6.07, 6.45) is -0.214. The minimum atomic E-state index is -0.562. The normalized spacial score (nSPS) is 40.8. The van der Waals surface area contributed by atoms with Crippen molar-refractivity contribution in [1.29, 1.82) is 0 Å². The van der Waals surface area contributed by atoms with Gasteiger partial charge in [0.15, 0.2) is 6.10 Å². The molecule has 0 radical (unpaired) electrons. The SMILES string of the molecule is CC1OCC(C)(C)CC2OC(=O)OC12. The summed E-state index contributed by atoms with van der Waals surface area (Å²) in [6, 6.07) is 0. The van der Waals surface area contributed by atoms with Crippen molar-refractivity contribution in [2.45, 2.75) is 45.5 Å². The van der Waals surface area contributed by atoms with Crippen LogP contribution in [0.15, 0.2) is 0 Å². The molecular weight excluding hydrogens is 184 g/mol. The van der Waals surface area contributed by atoms with Gasteiger partial charge in [0.2, 0.25) is 0 Å². The molecule has 0 aromatic rings. The van der Waals surface area contributed by atoms with Gasteiger partial charge in [0.25, 0.3) is 0 Å². The highest BCUT2D eigenvalue weighted by Crippen LogP contribution is 2.35. The van der Waals surface area contributed by atoms with Crippen LogP contribution in [0.1, 0.15) is 27.2 Å². The molecule has 2 heterocycles. The van der Waals surface area contributed by atoms with E-state index in [0.717, 1.165) is 6.42 Å². The number of ether oxygens (including phenoxy) is 3. The van der Waals surface area contributed by atoms with Crippen LogP contribution < -0.4 is 0 Å². The Morgan fingerprint density at radius 2 is 2.07 bits per heavy atom. The third kappa shape index (κ3) is 1.71. The van der Waals surface area contributed by atoms with E-state index in [9.17, 15) is 4.79 Å². The lowest BCUT2D eigenvalue weighted by atomic mass is 9.87. The standard InChI is InChI=1S/C10H16O4/c1-6-8-7(13-9(11)14-8)4-10(2,3)5-12-6/h6-8H,4-5H2,1-3H3. The molecule has 0 aliphatic carbocycles. The van der Waals surface area contributed by atoms with E-state index in [4.69, 9.17) is 14.2 Å². The van der Waals surface area contributed by atoms with Crippen LogP contribution in [0.25, 0.3) is 0 Å². The van der Waals surface area contributed by atoms with Crippen molar-refractivity contribution >= 4 is 6.16 Å². The molecule has 80 valence electrons. The molecule has 3 atom stereocenters. The van der Waals surface area contributed by atoms with E-state index in [-0.39, 0.29) is 23.7 Å². The van der Waals surface area contributed by atoms with Gasteiger partial charge in [-0.3, -0.25) is 0 Å². The smallest absolute Gasteiger partial charge is 0.427 e. The fourth-order valence-corrected chi connectivity index (χ4v) is 2.02. The Morgan fingerprint density at radius 1 is 1.36 bits per heavy atom. The molecule has 2 rings (SSSR count). The maximum absolute atomic E-state index is 11.0. The van der Waals surface area contributed by atoms with Gasteiger partial charge in [-0.05, 0) is 18.8 Å². The molecule has 2 aliphatic rings. The van der Waals surface area contributed by atoms with Gasteiger partial charge < -0.3 is 14.2 Å². The van der Waals surface area contributed by atoms with Gasteiger partial charge in [0.1, 0.15) is 6.10 Å². The number of rotatable bonds is 0. The number of carbonyl (C=O) groups excluding carboxylic acids is 1. The topological polar surface area (TPSA) is 44.8 Å². The predicted molar refractivity (Wildman–Crippen MR) is 49.0 cm³/mol. The van der Waals surface area contributed by atoms with E-state index < -0.39 is 6.16 Å². The second kappa shape index (κ2) is 3.12. The number of fused-ring (bicyclic) bond motifs is 1. The average Bonchev–Trinajstić information content (AvgIpc) is 2.37. The Kier molecular flexibility index (Phi) is 2.18. The number of hydrogen-bond donors (Lipinski definition) is 0. The molecule has 4 heteroatoms. The molecule has 0 spiro atoms. The lowest BCUT2D eigenvalue weighted by molar-refractivity contribution is -0.0261. The quantitative estimate of drug-likeness (QED) is 0.558. The molecule has 0 aromatic heterocycles. The second-order valence-electron chi connectivity index (χ2n) is 4.87. The molecule has 0 amide bonds. The first-order valence-corrected chi connectivity index (χ1v) is 4.97. The van der Waals surface area contributed by atoms with Gasteiger partial charge in [-0.2, -0.15) is 0 Å². The van der Waals surface area contributed by atoms with Crippen LogP contribution in [-0.2, 0) is 14.2 Å². The summed E-state index contributed by atoms with van der Waals surface area (Å²) in [4.78, 5) is 11.0. The Morgan fingerprint density at radius 3 is 2.79 bits per heavy atom. The highest BCUT2D eigenvalue weighted by molar-refractivity contribution is 5.62. The first kappa shape index (κ1) is 9.77. The Bertz CT molecular complexity index is 249. The predicted octanol–water partition coefficient (Wildman–Crippen LogP) is 1.73. The molecular formula is C10H16O4. The molecule has 0 bridgehead atoms. The van der Waals surface area contributed by atoms with Crippen LogP contribution in [0.2, 0.25) is 0 Å². The van der Waals surface area contributed by atoms with Crippen LogP contribution in [0.3, 0.4) is 0 Å². The summed E-state index contributed by atoms with van der Waals surface area (Å²) in [5.74, 6) is 0. The Labute approximate surface area is 83.5 Å². The zero-order valence-electron chi connectivity index (χ0n) is 8.78. The average molecular weight is 200 g/mol. The maximum atomic E-state index is 11.0. The van der Waals surface area contributed by atoms with Gasteiger partial charge in [-0.15, -0.1) is 0 Å². The van der Waals surface area contributed by atoms with Crippen LogP contribution in [0.4, 0.5) is 4.79 Å². The molecule has 14 heavy (non-hydrogen) atoms. The molecule has 2 aliphatic heterocycles. The molecule has 0 N–H and O–H groups in total. The van der Waals surface area contributed by atoms with E-state index >= 15 is 0 Å². The lowest BCUT2D eigenvalue weighted by Gasteiger charge is -2.22. The first-order chi connectivity index (χ1) is 6.48.